The third kappa shape index (κ3) is 2.89. The van der Waals surface area contributed by atoms with Crippen molar-refractivity contribution in [1.82, 2.24) is 24.7 Å². The van der Waals surface area contributed by atoms with E-state index in [-0.39, 0.29) is 5.56 Å². The van der Waals surface area contributed by atoms with Gasteiger partial charge < -0.3 is 4.98 Å². The van der Waals surface area contributed by atoms with E-state index in [9.17, 15) is 4.79 Å². The maximum Gasteiger partial charge on any atom is 0.259 e. The zero-order chi connectivity index (χ0) is 18.4. The Balaban J connectivity index is 1.45. The number of nitrogens with one attached hydrogen (secondary N) is 1. The van der Waals surface area contributed by atoms with E-state index < -0.39 is 0 Å². The number of benzene rings is 1. The lowest BCUT2D eigenvalue weighted by atomic mass is 10.2. The van der Waals surface area contributed by atoms with E-state index in [1.165, 1.54) is 22.2 Å². The Morgan fingerprint density at radius 3 is 2.93 bits per heavy atom. The second-order valence-corrected chi connectivity index (χ2v) is 8.57. The molecule has 8 heteroatoms. The first-order valence-electron chi connectivity index (χ1n) is 8.84. The first kappa shape index (κ1) is 16.7. The molecule has 0 aliphatic heterocycles. The van der Waals surface area contributed by atoms with Crippen molar-refractivity contribution in [2.75, 3.05) is 0 Å². The topological polar surface area (TPSA) is 76.5 Å². The molecule has 0 radical (unpaired) electrons. The molecule has 136 valence electrons. The quantitative estimate of drug-likeness (QED) is 0.534. The Morgan fingerprint density at radius 1 is 1.22 bits per heavy atom. The van der Waals surface area contributed by atoms with Crippen molar-refractivity contribution in [1.29, 1.82) is 0 Å². The first-order chi connectivity index (χ1) is 13.2. The summed E-state index contributed by atoms with van der Waals surface area (Å²) in [4.78, 5) is 22.5. The van der Waals surface area contributed by atoms with Crippen LogP contribution in [0.15, 0.2) is 40.3 Å². The smallest absolute Gasteiger partial charge is 0.259 e. The molecular weight excluding hydrogens is 378 g/mol. The van der Waals surface area contributed by atoms with Gasteiger partial charge >= 0.3 is 0 Å². The first-order valence-corrected chi connectivity index (χ1v) is 10.6. The zero-order valence-electron chi connectivity index (χ0n) is 14.7. The average Bonchev–Trinajstić information content (AvgIpc) is 3.34. The summed E-state index contributed by atoms with van der Waals surface area (Å²) < 4.78 is 2.01. The molecule has 1 aliphatic rings. The maximum atomic E-state index is 12.6. The van der Waals surface area contributed by atoms with Gasteiger partial charge in [0.15, 0.2) is 5.16 Å². The molecule has 4 aromatic rings. The number of rotatable bonds is 4. The third-order valence-electron chi connectivity index (χ3n) is 4.77. The van der Waals surface area contributed by atoms with Crippen molar-refractivity contribution in [3.63, 3.8) is 0 Å². The molecule has 0 saturated heterocycles. The van der Waals surface area contributed by atoms with Crippen molar-refractivity contribution in [2.24, 2.45) is 0 Å². The lowest BCUT2D eigenvalue weighted by Gasteiger charge is -2.08. The highest BCUT2D eigenvalue weighted by Gasteiger charge is 2.21. The van der Waals surface area contributed by atoms with Gasteiger partial charge in [-0.25, -0.2) is 4.98 Å². The molecule has 6 nitrogen and oxygen atoms in total. The summed E-state index contributed by atoms with van der Waals surface area (Å²) in [6.07, 6.45) is 3.20. The second kappa shape index (κ2) is 6.61. The molecular formula is C19H17N5OS2. The summed E-state index contributed by atoms with van der Waals surface area (Å²) in [6.45, 7) is 1.93. The van der Waals surface area contributed by atoms with Crippen molar-refractivity contribution in [2.45, 2.75) is 37.1 Å². The van der Waals surface area contributed by atoms with E-state index >= 15 is 0 Å². The molecule has 0 bridgehead atoms. The number of aromatic amines is 1. The van der Waals surface area contributed by atoms with Crippen LogP contribution in [0.1, 0.15) is 28.5 Å². The number of thioether (sulfide) groups is 1. The van der Waals surface area contributed by atoms with Gasteiger partial charge in [-0.2, -0.15) is 0 Å². The van der Waals surface area contributed by atoms with E-state index in [4.69, 9.17) is 4.98 Å². The molecule has 3 aromatic heterocycles. The van der Waals surface area contributed by atoms with Gasteiger partial charge in [0.2, 0.25) is 0 Å². The average molecular weight is 396 g/mol. The molecule has 5 rings (SSSR count). The van der Waals surface area contributed by atoms with Gasteiger partial charge in [-0.15, -0.1) is 21.5 Å². The van der Waals surface area contributed by atoms with Crippen LogP contribution in [0.4, 0.5) is 0 Å². The van der Waals surface area contributed by atoms with E-state index in [0.717, 1.165) is 46.1 Å². The van der Waals surface area contributed by atoms with Crippen molar-refractivity contribution >= 4 is 33.3 Å². The molecule has 1 aliphatic carbocycles. The van der Waals surface area contributed by atoms with Gasteiger partial charge in [-0.3, -0.25) is 9.36 Å². The van der Waals surface area contributed by atoms with E-state index in [0.29, 0.717) is 11.6 Å². The fourth-order valence-electron chi connectivity index (χ4n) is 3.56. The third-order valence-corrected chi connectivity index (χ3v) is 6.90. The number of fused-ring (bicyclic) bond motifs is 3. The van der Waals surface area contributed by atoms with Gasteiger partial charge in [0.1, 0.15) is 16.5 Å². The highest BCUT2D eigenvalue weighted by atomic mass is 32.2. The predicted molar refractivity (Wildman–Crippen MR) is 108 cm³/mol. The van der Waals surface area contributed by atoms with Crippen molar-refractivity contribution < 1.29 is 0 Å². The van der Waals surface area contributed by atoms with Crippen LogP contribution in [0.5, 0.6) is 0 Å². The van der Waals surface area contributed by atoms with Crippen LogP contribution in [0.3, 0.4) is 0 Å². The summed E-state index contributed by atoms with van der Waals surface area (Å²) >= 11 is 3.19. The summed E-state index contributed by atoms with van der Waals surface area (Å²) in [5.41, 5.74) is 2.21. The second-order valence-electron chi connectivity index (χ2n) is 6.54. The number of thiophene rings is 1. The molecule has 27 heavy (non-hydrogen) atoms. The number of hydrogen-bond donors (Lipinski definition) is 1. The zero-order valence-corrected chi connectivity index (χ0v) is 16.4. The summed E-state index contributed by atoms with van der Waals surface area (Å²) in [7, 11) is 0. The molecule has 1 aromatic carbocycles. The summed E-state index contributed by atoms with van der Waals surface area (Å²) in [5.74, 6) is 2.05. The normalized spacial score (nSPS) is 13.4. The van der Waals surface area contributed by atoms with Gasteiger partial charge in [-0.1, -0.05) is 30.0 Å². The number of aryl methyl sites for hydroxylation is 3. The van der Waals surface area contributed by atoms with Crippen molar-refractivity contribution in [3.8, 4) is 5.69 Å². The van der Waals surface area contributed by atoms with Crippen LogP contribution in [-0.2, 0) is 18.6 Å². The SMILES string of the molecule is Cc1nnc(SCc2nc3sc4c(c3c(=O)[nH]2)CCC4)n1-c1ccccc1. The standard InChI is InChI=1S/C19H17N5OS2/c1-11-22-23-19(24(11)12-6-3-2-4-7-12)26-10-15-20-17(25)16-13-8-5-9-14(13)27-18(16)21-15/h2-4,6-7H,5,8-10H2,1H3,(H,20,21,25). The molecule has 0 amide bonds. The van der Waals surface area contributed by atoms with Gasteiger partial charge in [0.05, 0.1) is 11.1 Å². The highest BCUT2D eigenvalue weighted by Crippen LogP contribution is 2.34. The molecule has 0 saturated carbocycles. The number of H-pyrrole nitrogens is 1. The lowest BCUT2D eigenvalue weighted by molar-refractivity contribution is 0.866. The number of hydrogen-bond acceptors (Lipinski definition) is 6. The molecule has 0 atom stereocenters. The Labute approximate surface area is 163 Å². The fourth-order valence-corrected chi connectivity index (χ4v) is 5.71. The summed E-state index contributed by atoms with van der Waals surface area (Å²) in [5, 5.41) is 10.1. The Morgan fingerprint density at radius 2 is 2.07 bits per heavy atom. The number of aromatic nitrogens is 5. The Bertz CT molecular complexity index is 1190. The van der Waals surface area contributed by atoms with Crippen LogP contribution in [0.25, 0.3) is 15.9 Å². The van der Waals surface area contributed by atoms with Crippen LogP contribution in [0, 0.1) is 6.92 Å². The molecule has 1 N–H and O–H groups in total. The summed E-state index contributed by atoms with van der Waals surface area (Å²) in [6, 6.07) is 10.0. The van der Waals surface area contributed by atoms with Gasteiger partial charge in [0.25, 0.3) is 5.56 Å². The fraction of sp³-hybridized carbons (Fsp3) is 0.263. The van der Waals surface area contributed by atoms with Crippen LogP contribution in [-0.4, -0.2) is 24.7 Å². The Kier molecular flexibility index (Phi) is 4.09. The predicted octanol–water partition coefficient (Wildman–Crippen LogP) is 3.65. The Hall–Kier alpha value is -2.45. The van der Waals surface area contributed by atoms with E-state index in [2.05, 4.69) is 15.2 Å². The van der Waals surface area contributed by atoms with E-state index in [1.807, 2.05) is 41.8 Å². The minimum absolute atomic E-state index is 0.0179. The number of nitrogens with zero attached hydrogens (tertiary/aromatic N) is 4. The molecule has 0 spiro atoms. The van der Waals surface area contributed by atoms with Crippen molar-refractivity contribution in [3.05, 3.63) is 62.8 Å². The van der Waals surface area contributed by atoms with Crippen LogP contribution < -0.4 is 5.56 Å². The van der Waals surface area contributed by atoms with Gasteiger partial charge in [0, 0.05) is 10.6 Å². The van der Waals surface area contributed by atoms with Gasteiger partial charge in [-0.05, 0) is 43.9 Å². The maximum absolute atomic E-state index is 12.6. The number of para-hydroxylation sites is 1. The minimum Gasteiger partial charge on any atom is -0.309 e. The molecule has 0 fully saturated rings. The van der Waals surface area contributed by atoms with Crippen LogP contribution in [0.2, 0.25) is 0 Å². The molecule has 0 unspecified atom stereocenters. The van der Waals surface area contributed by atoms with Crippen LogP contribution >= 0.6 is 23.1 Å². The monoisotopic (exact) mass is 395 g/mol. The van der Waals surface area contributed by atoms with E-state index in [1.54, 1.807) is 11.3 Å². The lowest BCUT2D eigenvalue weighted by Crippen LogP contribution is -2.11. The molecule has 3 heterocycles. The largest absolute Gasteiger partial charge is 0.309 e. The minimum atomic E-state index is -0.0179. The highest BCUT2D eigenvalue weighted by molar-refractivity contribution is 7.98.